The third kappa shape index (κ3) is 4.47. The molecule has 0 saturated carbocycles. The van der Waals surface area contributed by atoms with E-state index in [4.69, 9.17) is 11.5 Å². The van der Waals surface area contributed by atoms with Crippen LogP contribution in [0.5, 0.6) is 0 Å². The number of anilines is 1. The van der Waals surface area contributed by atoms with Gasteiger partial charge in [0, 0.05) is 24.9 Å². The number of nitrogen functional groups attached to an aromatic ring is 1. The molecule has 1 aromatic heterocycles. The van der Waals surface area contributed by atoms with E-state index in [0.717, 1.165) is 5.56 Å². The van der Waals surface area contributed by atoms with Crippen LogP contribution in [0, 0.1) is 11.5 Å². The molecule has 1 heterocycles. The van der Waals surface area contributed by atoms with E-state index in [2.05, 4.69) is 36.1 Å². The van der Waals surface area contributed by atoms with E-state index < -0.39 is 8.07 Å². The second-order valence-corrected chi connectivity index (χ2v) is 9.66. The Hall–Kier alpha value is -1.31. The molecule has 0 saturated heterocycles. The quantitative estimate of drug-likeness (QED) is 0.606. The maximum atomic E-state index is 6.01. The van der Waals surface area contributed by atoms with Crippen molar-refractivity contribution >= 4 is 13.8 Å². The summed E-state index contributed by atoms with van der Waals surface area (Å²) in [6, 6.07) is 1.76. The lowest BCUT2D eigenvalue weighted by Crippen LogP contribution is -2.17. The molecule has 16 heavy (non-hydrogen) atoms. The van der Waals surface area contributed by atoms with Gasteiger partial charge in [0.2, 0.25) is 0 Å². The topological polar surface area (TPSA) is 64.9 Å². The summed E-state index contributed by atoms with van der Waals surface area (Å²) in [4.78, 5) is 4.02. The van der Waals surface area contributed by atoms with Gasteiger partial charge in [-0.15, -0.1) is 11.5 Å². The third-order valence-corrected chi connectivity index (χ3v) is 2.92. The molecule has 0 aliphatic heterocycles. The minimum atomic E-state index is -1.29. The van der Waals surface area contributed by atoms with Gasteiger partial charge in [-0.25, -0.2) is 0 Å². The Morgan fingerprint density at radius 2 is 2.06 bits per heavy atom. The molecule has 0 radical (unpaired) electrons. The Morgan fingerprint density at radius 3 is 2.62 bits per heavy atom. The molecule has 0 fully saturated rings. The van der Waals surface area contributed by atoms with E-state index in [0.29, 0.717) is 12.1 Å². The molecule has 86 valence electrons. The summed E-state index contributed by atoms with van der Waals surface area (Å²) in [6.07, 6.45) is 4.02. The van der Waals surface area contributed by atoms with Crippen molar-refractivity contribution in [1.82, 2.24) is 4.98 Å². The van der Waals surface area contributed by atoms with Crippen LogP contribution in [0.25, 0.3) is 0 Å². The summed E-state index contributed by atoms with van der Waals surface area (Å²) < 4.78 is 0. The standard InChI is InChI=1S/C12H19N3Si/c1-16(2,3)6-4-5-12(14)10-7-11(13)9-15-8-10/h7-9,12H,5,13-14H2,1-3H3. The average Bonchev–Trinajstić information content (AvgIpc) is 2.15. The lowest BCUT2D eigenvalue weighted by Gasteiger charge is -2.09. The zero-order valence-electron chi connectivity index (χ0n) is 10.1. The fraction of sp³-hybridized carbons (Fsp3) is 0.417. The van der Waals surface area contributed by atoms with Gasteiger partial charge in [0.05, 0.1) is 5.69 Å². The van der Waals surface area contributed by atoms with Crippen molar-refractivity contribution in [2.75, 3.05) is 5.73 Å². The Labute approximate surface area is 98.3 Å². The second kappa shape index (κ2) is 5.15. The van der Waals surface area contributed by atoms with Crippen LogP contribution in [0.3, 0.4) is 0 Å². The highest BCUT2D eigenvalue weighted by Crippen LogP contribution is 2.14. The fourth-order valence-corrected chi connectivity index (χ4v) is 1.86. The molecular weight excluding hydrogens is 214 g/mol. The highest BCUT2D eigenvalue weighted by molar-refractivity contribution is 6.83. The first-order chi connectivity index (χ1) is 7.38. The van der Waals surface area contributed by atoms with E-state index in [-0.39, 0.29) is 6.04 Å². The number of hydrogen-bond donors (Lipinski definition) is 2. The first-order valence-electron chi connectivity index (χ1n) is 5.34. The molecule has 0 aliphatic carbocycles. The van der Waals surface area contributed by atoms with E-state index in [9.17, 15) is 0 Å². The molecule has 3 nitrogen and oxygen atoms in total. The number of hydrogen-bond acceptors (Lipinski definition) is 3. The van der Waals surface area contributed by atoms with E-state index >= 15 is 0 Å². The van der Waals surface area contributed by atoms with Crippen LogP contribution in [0.15, 0.2) is 18.5 Å². The molecule has 4 heteroatoms. The van der Waals surface area contributed by atoms with Crippen molar-refractivity contribution in [3.63, 3.8) is 0 Å². The Balaban J connectivity index is 2.65. The van der Waals surface area contributed by atoms with Crippen LogP contribution in [0.1, 0.15) is 18.0 Å². The van der Waals surface area contributed by atoms with Crippen molar-refractivity contribution in [3.05, 3.63) is 24.0 Å². The van der Waals surface area contributed by atoms with Gasteiger partial charge in [-0.3, -0.25) is 4.98 Å². The molecule has 1 rings (SSSR count). The number of nitrogens with two attached hydrogens (primary N) is 2. The molecule has 1 aromatic rings. The summed E-state index contributed by atoms with van der Waals surface area (Å²) in [7, 11) is -1.29. The van der Waals surface area contributed by atoms with Crippen molar-refractivity contribution in [1.29, 1.82) is 0 Å². The Morgan fingerprint density at radius 1 is 1.38 bits per heavy atom. The molecule has 0 aromatic carbocycles. The smallest absolute Gasteiger partial charge is 0.129 e. The summed E-state index contributed by atoms with van der Waals surface area (Å²) in [5.41, 5.74) is 16.5. The number of pyridine rings is 1. The molecule has 1 unspecified atom stereocenters. The first kappa shape index (κ1) is 12.8. The first-order valence-corrected chi connectivity index (χ1v) is 8.84. The molecule has 0 bridgehead atoms. The number of nitrogens with zero attached hydrogens (tertiary/aromatic N) is 1. The van der Waals surface area contributed by atoms with Crippen LogP contribution in [0.2, 0.25) is 19.6 Å². The highest BCUT2D eigenvalue weighted by atomic mass is 28.3. The summed E-state index contributed by atoms with van der Waals surface area (Å²) in [5, 5.41) is 0. The normalized spacial score (nSPS) is 12.8. The summed E-state index contributed by atoms with van der Waals surface area (Å²) in [5.74, 6) is 3.16. The van der Waals surface area contributed by atoms with Crippen molar-refractivity contribution < 1.29 is 0 Å². The van der Waals surface area contributed by atoms with Crippen LogP contribution in [-0.4, -0.2) is 13.1 Å². The van der Waals surface area contributed by atoms with Crippen LogP contribution in [0.4, 0.5) is 5.69 Å². The molecular formula is C12H19N3Si. The largest absolute Gasteiger partial charge is 0.397 e. The molecule has 4 N–H and O–H groups in total. The van der Waals surface area contributed by atoms with Gasteiger partial charge in [0.15, 0.2) is 0 Å². The third-order valence-electron chi connectivity index (χ3n) is 1.99. The Kier molecular flexibility index (Phi) is 4.10. The lowest BCUT2D eigenvalue weighted by atomic mass is 10.1. The number of aromatic nitrogens is 1. The van der Waals surface area contributed by atoms with Gasteiger partial charge in [0.25, 0.3) is 0 Å². The zero-order chi connectivity index (χ0) is 12.2. The maximum absolute atomic E-state index is 6.01. The van der Waals surface area contributed by atoms with E-state index in [1.165, 1.54) is 0 Å². The van der Waals surface area contributed by atoms with Gasteiger partial charge in [-0.1, -0.05) is 19.6 Å². The number of rotatable bonds is 2. The minimum absolute atomic E-state index is 0.0974. The van der Waals surface area contributed by atoms with E-state index in [1.807, 2.05) is 6.07 Å². The SMILES string of the molecule is C[Si](C)(C)C#CCC(N)c1cncc(N)c1. The maximum Gasteiger partial charge on any atom is 0.129 e. The summed E-state index contributed by atoms with van der Waals surface area (Å²) in [6.45, 7) is 6.65. The molecule has 0 spiro atoms. The van der Waals surface area contributed by atoms with Crippen LogP contribution < -0.4 is 11.5 Å². The molecule has 0 amide bonds. The van der Waals surface area contributed by atoms with Crippen LogP contribution in [-0.2, 0) is 0 Å². The minimum Gasteiger partial charge on any atom is -0.397 e. The van der Waals surface area contributed by atoms with Gasteiger partial charge in [-0.05, 0) is 11.6 Å². The second-order valence-electron chi connectivity index (χ2n) is 4.91. The lowest BCUT2D eigenvalue weighted by molar-refractivity contribution is 0.750. The van der Waals surface area contributed by atoms with Gasteiger partial charge in [0.1, 0.15) is 8.07 Å². The highest BCUT2D eigenvalue weighted by Gasteiger charge is 2.08. The average molecular weight is 233 g/mol. The summed E-state index contributed by atoms with van der Waals surface area (Å²) >= 11 is 0. The predicted octanol–water partition coefficient (Wildman–Crippen LogP) is 1.93. The van der Waals surface area contributed by atoms with E-state index in [1.54, 1.807) is 12.4 Å². The monoisotopic (exact) mass is 233 g/mol. The van der Waals surface area contributed by atoms with Gasteiger partial charge >= 0.3 is 0 Å². The van der Waals surface area contributed by atoms with Crippen molar-refractivity contribution in [2.45, 2.75) is 32.1 Å². The molecule has 1 atom stereocenters. The van der Waals surface area contributed by atoms with Crippen molar-refractivity contribution in [3.8, 4) is 11.5 Å². The fourth-order valence-electron chi connectivity index (χ4n) is 1.22. The Bertz CT molecular complexity index is 412. The van der Waals surface area contributed by atoms with Gasteiger partial charge < -0.3 is 11.5 Å². The predicted molar refractivity (Wildman–Crippen MR) is 71.3 cm³/mol. The van der Waals surface area contributed by atoms with Crippen LogP contribution >= 0.6 is 0 Å². The van der Waals surface area contributed by atoms with Gasteiger partial charge in [-0.2, -0.15) is 0 Å². The molecule has 0 aliphatic rings. The van der Waals surface area contributed by atoms with Crippen molar-refractivity contribution in [2.24, 2.45) is 5.73 Å². The zero-order valence-corrected chi connectivity index (χ0v) is 11.1.